The van der Waals surface area contributed by atoms with Crippen molar-refractivity contribution >= 4 is 19.4 Å². The molecule has 0 saturated heterocycles. The fourth-order valence-corrected chi connectivity index (χ4v) is 2.08. The molecule has 1 aliphatic rings. The van der Waals surface area contributed by atoms with Gasteiger partial charge in [0.15, 0.2) is 0 Å². The summed E-state index contributed by atoms with van der Waals surface area (Å²) in [5.41, 5.74) is 2.28. The van der Waals surface area contributed by atoms with E-state index in [1.165, 1.54) is 6.07 Å². The molecule has 0 N–H and O–H groups in total. The number of hydrogen-bond donors (Lipinski definition) is 0. The normalized spacial score (nSPS) is 12.5. The summed E-state index contributed by atoms with van der Waals surface area (Å²) in [5, 5.41) is 0. The highest BCUT2D eigenvalue weighted by molar-refractivity contribution is 6.32. The van der Waals surface area contributed by atoms with Crippen LogP contribution in [0.1, 0.15) is 16.7 Å². The molecule has 20 heavy (non-hydrogen) atoms. The smallest absolute Gasteiger partial charge is 0.213 e. The van der Waals surface area contributed by atoms with Crippen molar-refractivity contribution in [2.45, 2.75) is 13.0 Å². The minimum absolute atomic E-state index is 0.0461. The largest absolute Gasteiger partial charge is 0.473 e. The molecule has 1 aliphatic carbocycles. The zero-order valence-electron chi connectivity index (χ0n) is 10.6. The second kappa shape index (κ2) is 5.08. The first-order valence-electron chi connectivity index (χ1n) is 6.15. The molecule has 2 aromatic rings. The van der Waals surface area contributed by atoms with Gasteiger partial charge in [-0.05, 0) is 17.5 Å². The number of rotatable bonds is 3. The second-order valence-electron chi connectivity index (χ2n) is 4.58. The summed E-state index contributed by atoms with van der Waals surface area (Å²) in [6, 6.07) is 3.81. The van der Waals surface area contributed by atoms with E-state index < -0.39 is 11.6 Å². The number of aromatic nitrogens is 1. The Bertz CT molecular complexity index is 701. The zero-order chi connectivity index (χ0) is 14.1. The molecule has 98 valence electrons. The summed E-state index contributed by atoms with van der Waals surface area (Å²) in [6.45, 7) is -0.0461. The number of allylic oxidation sites excluding steroid dienone is 1. The number of fused-ring (bicyclic) bond motifs is 1. The quantitative estimate of drug-likeness (QED) is 0.798. The number of pyridine rings is 1. The van der Waals surface area contributed by atoms with Crippen molar-refractivity contribution in [3.8, 4) is 5.88 Å². The minimum Gasteiger partial charge on any atom is -0.473 e. The minimum atomic E-state index is -0.770. The summed E-state index contributed by atoms with van der Waals surface area (Å²) in [4.78, 5) is 4.13. The molecule has 0 fully saturated rings. The molecule has 2 radical (unpaired) electrons. The van der Waals surface area contributed by atoms with Gasteiger partial charge in [0.2, 0.25) is 5.88 Å². The van der Waals surface area contributed by atoms with Crippen molar-refractivity contribution in [3.63, 3.8) is 0 Å². The summed E-state index contributed by atoms with van der Waals surface area (Å²) in [5.74, 6) is -1.04. The maximum atomic E-state index is 13.5. The van der Waals surface area contributed by atoms with Gasteiger partial charge in [0, 0.05) is 23.9 Å². The van der Waals surface area contributed by atoms with Gasteiger partial charge in [-0.3, -0.25) is 0 Å². The third kappa shape index (κ3) is 2.43. The topological polar surface area (TPSA) is 22.1 Å². The van der Waals surface area contributed by atoms with Crippen LogP contribution in [-0.4, -0.2) is 12.8 Å². The number of benzene rings is 1. The second-order valence-corrected chi connectivity index (χ2v) is 4.58. The average molecular weight is 269 g/mol. The Hall–Kier alpha value is -2.17. The lowest BCUT2D eigenvalue weighted by Crippen LogP contribution is -2.12. The predicted molar refractivity (Wildman–Crippen MR) is 73.1 cm³/mol. The van der Waals surface area contributed by atoms with Crippen molar-refractivity contribution < 1.29 is 13.5 Å². The maximum Gasteiger partial charge on any atom is 0.213 e. The summed E-state index contributed by atoms with van der Waals surface area (Å²) in [6.07, 6.45) is 6.58. The molecular formula is C15H10BF2NO. The molecule has 0 amide bonds. The number of hydrogen-bond acceptors (Lipinski definition) is 2. The van der Waals surface area contributed by atoms with Crippen LogP contribution in [0.5, 0.6) is 5.88 Å². The molecule has 1 aromatic carbocycles. The molecule has 0 spiro atoms. The first kappa shape index (κ1) is 12.8. The Morgan fingerprint density at radius 3 is 2.90 bits per heavy atom. The van der Waals surface area contributed by atoms with E-state index in [9.17, 15) is 8.78 Å². The van der Waals surface area contributed by atoms with E-state index in [1.54, 1.807) is 6.20 Å². The van der Waals surface area contributed by atoms with E-state index in [0.717, 1.165) is 23.6 Å². The van der Waals surface area contributed by atoms with E-state index in [2.05, 4.69) is 4.98 Å². The Kier molecular flexibility index (Phi) is 3.26. The van der Waals surface area contributed by atoms with Crippen molar-refractivity contribution in [2.24, 2.45) is 0 Å². The van der Waals surface area contributed by atoms with Gasteiger partial charge in [-0.25, -0.2) is 13.8 Å². The SMILES string of the molecule is [B]c1cc(COc2cc3c(cn2)C=CC3)c(F)cc1F. The van der Waals surface area contributed by atoms with Gasteiger partial charge in [-0.15, -0.1) is 0 Å². The van der Waals surface area contributed by atoms with Crippen molar-refractivity contribution in [2.75, 3.05) is 0 Å². The monoisotopic (exact) mass is 269 g/mol. The van der Waals surface area contributed by atoms with Gasteiger partial charge < -0.3 is 4.74 Å². The van der Waals surface area contributed by atoms with Crippen LogP contribution in [0.3, 0.4) is 0 Å². The van der Waals surface area contributed by atoms with Crippen LogP contribution in [0.4, 0.5) is 8.78 Å². The van der Waals surface area contributed by atoms with Crippen molar-refractivity contribution in [3.05, 3.63) is 58.8 Å². The molecule has 0 saturated carbocycles. The molecule has 1 heterocycles. The van der Waals surface area contributed by atoms with Gasteiger partial charge in [0.1, 0.15) is 26.1 Å². The van der Waals surface area contributed by atoms with Crippen molar-refractivity contribution in [1.82, 2.24) is 4.98 Å². The zero-order valence-corrected chi connectivity index (χ0v) is 10.6. The van der Waals surface area contributed by atoms with Gasteiger partial charge in [0.05, 0.1) is 0 Å². The molecule has 0 bridgehead atoms. The third-order valence-corrected chi connectivity index (χ3v) is 3.18. The van der Waals surface area contributed by atoms with Crippen LogP contribution in [0.2, 0.25) is 0 Å². The van der Waals surface area contributed by atoms with Crippen LogP contribution in [0.15, 0.2) is 30.5 Å². The van der Waals surface area contributed by atoms with Gasteiger partial charge in [-0.1, -0.05) is 23.7 Å². The van der Waals surface area contributed by atoms with Gasteiger partial charge in [-0.2, -0.15) is 0 Å². The van der Waals surface area contributed by atoms with Crippen LogP contribution in [0.25, 0.3) is 6.08 Å². The molecule has 2 nitrogen and oxygen atoms in total. The van der Waals surface area contributed by atoms with E-state index in [4.69, 9.17) is 12.6 Å². The van der Waals surface area contributed by atoms with Crippen LogP contribution < -0.4 is 10.2 Å². The first-order valence-corrected chi connectivity index (χ1v) is 6.15. The maximum absolute atomic E-state index is 13.5. The van der Waals surface area contributed by atoms with Crippen LogP contribution in [-0.2, 0) is 13.0 Å². The fraction of sp³-hybridized carbons (Fsp3) is 0.133. The highest BCUT2D eigenvalue weighted by atomic mass is 19.1. The third-order valence-electron chi connectivity index (χ3n) is 3.18. The number of halogens is 2. The number of ether oxygens (including phenoxy) is 1. The van der Waals surface area contributed by atoms with E-state index in [1.807, 2.05) is 18.2 Å². The summed E-state index contributed by atoms with van der Waals surface area (Å²) >= 11 is 0. The Morgan fingerprint density at radius 2 is 2.05 bits per heavy atom. The molecule has 0 aliphatic heterocycles. The first-order chi connectivity index (χ1) is 9.63. The highest BCUT2D eigenvalue weighted by Crippen LogP contribution is 2.22. The molecule has 0 unspecified atom stereocenters. The average Bonchev–Trinajstić information content (AvgIpc) is 2.89. The van der Waals surface area contributed by atoms with E-state index in [-0.39, 0.29) is 17.6 Å². The van der Waals surface area contributed by atoms with Gasteiger partial charge in [0.25, 0.3) is 0 Å². The molecular weight excluding hydrogens is 259 g/mol. The lowest BCUT2D eigenvalue weighted by Gasteiger charge is -2.09. The standard InChI is InChI=1S/C15H10BF2NO/c16-12-4-11(13(17)6-14(12)18)8-20-15-5-9-2-1-3-10(9)7-19-15/h1,3-7H,2,8H2. The van der Waals surface area contributed by atoms with E-state index >= 15 is 0 Å². The fourth-order valence-electron chi connectivity index (χ4n) is 2.08. The van der Waals surface area contributed by atoms with Crippen LogP contribution in [0, 0.1) is 11.6 Å². The van der Waals surface area contributed by atoms with E-state index in [0.29, 0.717) is 5.88 Å². The van der Waals surface area contributed by atoms with Crippen molar-refractivity contribution in [1.29, 1.82) is 0 Å². The summed E-state index contributed by atoms with van der Waals surface area (Å²) < 4.78 is 32.0. The number of nitrogens with zero attached hydrogens (tertiary/aromatic N) is 1. The molecule has 1 aromatic heterocycles. The predicted octanol–water partition coefficient (Wildman–Crippen LogP) is 2.30. The van der Waals surface area contributed by atoms with Gasteiger partial charge >= 0.3 is 0 Å². The Labute approximate surface area is 116 Å². The Morgan fingerprint density at radius 1 is 1.20 bits per heavy atom. The molecule has 3 rings (SSSR count). The van der Waals surface area contributed by atoms with Crippen LogP contribution >= 0.6 is 0 Å². The Balaban J connectivity index is 1.75. The lowest BCUT2D eigenvalue weighted by molar-refractivity contribution is 0.287. The highest BCUT2D eigenvalue weighted by Gasteiger charge is 2.10. The lowest BCUT2D eigenvalue weighted by atomic mass is 9.93. The summed E-state index contributed by atoms with van der Waals surface area (Å²) in [7, 11) is 5.41. The molecule has 0 atom stereocenters. The molecule has 5 heteroatoms.